The van der Waals surface area contributed by atoms with Crippen molar-refractivity contribution in [3.63, 3.8) is 0 Å². The number of carbonyl (C=O) groups excluding carboxylic acids is 1. The lowest BCUT2D eigenvalue weighted by Gasteiger charge is -2.07. The third kappa shape index (κ3) is 3.01. The predicted octanol–water partition coefficient (Wildman–Crippen LogP) is 2.86. The van der Waals surface area contributed by atoms with Gasteiger partial charge in [-0.25, -0.2) is 4.39 Å². The lowest BCUT2D eigenvalue weighted by molar-refractivity contribution is -0.384. The number of non-ortho nitro benzene ring substituents is 1. The molecule has 1 amide bonds. The van der Waals surface area contributed by atoms with Gasteiger partial charge in [0.15, 0.2) is 0 Å². The topological polar surface area (TPSA) is 96.0 Å². The van der Waals surface area contributed by atoms with Crippen LogP contribution in [-0.4, -0.2) is 10.8 Å². The second-order valence-electron chi connectivity index (χ2n) is 4.03. The van der Waals surface area contributed by atoms with E-state index in [1.807, 2.05) is 0 Å². The van der Waals surface area contributed by atoms with Crippen LogP contribution in [0.2, 0.25) is 0 Å². The van der Waals surface area contributed by atoms with Crippen LogP contribution < -0.4 is 5.32 Å². The summed E-state index contributed by atoms with van der Waals surface area (Å²) in [6, 6.07) is 10.5. The van der Waals surface area contributed by atoms with Gasteiger partial charge in [-0.1, -0.05) is 12.1 Å². The van der Waals surface area contributed by atoms with E-state index >= 15 is 0 Å². The third-order valence-corrected chi connectivity index (χ3v) is 2.70. The summed E-state index contributed by atoms with van der Waals surface area (Å²) in [5.74, 6) is -1.44. The van der Waals surface area contributed by atoms with E-state index in [9.17, 15) is 19.3 Å². The summed E-state index contributed by atoms with van der Waals surface area (Å²) in [6.07, 6.45) is 0. The number of rotatable bonds is 3. The van der Waals surface area contributed by atoms with Crippen LogP contribution in [-0.2, 0) is 0 Å². The molecule has 0 spiro atoms. The lowest BCUT2D eigenvalue weighted by atomic mass is 10.1. The molecule has 0 aliphatic carbocycles. The maximum absolute atomic E-state index is 13.5. The Morgan fingerprint density at radius 2 is 2.00 bits per heavy atom. The zero-order valence-electron chi connectivity index (χ0n) is 10.5. The lowest BCUT2D eigenvalue weighted by Crippen LogP contribution is -2.14. The van der Waals surface area contributed by atoms with Crippen LogP contribution >= 0.6 is 0 Å². The van der Waals surface area contributed by atoms with Gasteiger partial charge in [-0.3, -0.25) is 14.9 Å². The minimum absolute atomic E-state index is 0.0751. The Bertz CT molecular complexity index is 768. The van der Waals surface area contributed by atoms with E-state index in [0.29, 0.717) is 0 Å². The summed E-state index contributed by atoms with van der Waals surface area (Å²) in [5.41, 5.74) is -0.444. The number of halogens is 1. The predicted molar refractivity (Wildman–Crippen MR) is 72.2 cm³/mol. The molecule has 0 heterocycles. The molecule has 0 saturated heterocycles. The van der Waals surface area contributed by atoms with Crippen LogP contribution in [0.4, 0.5) is 15.8 Å². The summed E-state index contributed by atoms with van der Waals surface area (Å²) < 4.78 is 13.5. The third-order valence-electron chi connectivity index (χ3n) is 2.70. The highest BCUT2D eigenvalue weighted by atomic mass is 19.1. The molecule has 2 rings (SSSR count). The molecule has 0 radical (unpaired) electrons. The van der Waals surface area contributed by atoms with E-state index in [-0.39, 0.29) is 22.5 Å². The number of nitrogens with zero attached hydrogens (tertiary/aromatic N) is 2. The van der Waals surface area contributed by atoms with Crippen LogP contribution in [0, 0.1) is 27.3 Å². The van der Waals surface area contributed by atoms with Crippen LogP contribution in [0.25, 0.3) is 0 Å². The SMILES string of the molecule is N#Cc1cc([N+](=O)[O-])ccc1NC(=O)c1ccccc1F. The Balaban J connectivity index is 2.32. The summed E-state index contributed by atoms with van der Waals surface area (Å²) in [6.45, 7) is 0. The van der Waals surface area contributed by atoms with E-state index < -0.39 is 16.6 Å². The number of nitrogens with one attached hydrogen (secondary N) is 1. The Labute approximate surface area is 118 Å². The van der Waals surface area contributed by atoms with Crippen molar-refractivity contribution >= 4 is 17.3 Å². The normalized spacial score (nSPS) is 9.71. The number of anilines is 1. The average Bonchev–Trinajstić information content (AvgIpc) is 2.47. The van der Waals surface area contributed by atoms with Crippen molar-refractivity contribution in [1.29, 1.82) is 5.26 Å². The molecular weight excluding hydrogens is 277 g/mol. The van der Waals surface area contributed by atoms with E-state index in [1.165, 1.54) is 24.3 Å². The quantitative estimate of drug-likeness (QED) is 0.692. The van der Waals surface area contributed by atoms with E-state index in [2.05, 4.69) is 5.32 Å². The molecule has 21 heavy (non-hydrogen) atoms. The zero-order chi connectivity index (χ0) is 15.4. The molecular formula is C14H8FN3O3. The largest absolute Gasteiger partial charge is 0.321 e. The van der Waals surface area contributed by atoms with Gasteiger partial charge in [0.25, 0.3) is 11.6 Å². The van der Waals surface area contributed by atoms with Crippen molar-refractivity contribution in [2.24, 2.45) is 0 Å². The Morgan fingerprint density at radius 3 is 2.62 bits per heavy atom. The van der Waals surface area contributed by atoms with Crippen molar-refractivity contribution < 1.29 is 14.1 Å². The highest BCUT2D eigenvalue weighted by Gasteiger charge is 2.15. The van der Waals surface area contributed by atoms with Crippen LogP contribution in [0.1, 0.15) is 15.9 Å². The Hall–Kier alpha value is -3.27. The van der Waals surface area contributed by atoms with Crippen LogP contribution in [0.15, 0.2) is 42.5 Å². The number of hydrogen-bond acceptors (Lipinski definition) is 4. The second-order valence-corrected chi connectivity index (χ2v) is 4.03. The minimum Gasteiger partial charge on any atom is -0.321 e. The first-order valence-electron chi connectivity index (χ1n) is 5.77. The first-order valence-corrected chi connectivity index (χ1v) is 5.77. The molecule has 6 nitrogen and oxygen atoms in total. The van der Waals surface area contributed by atoms with Crippen LogP contribution in [0.5, 0.6) is 0 Å². The molecule has 104 valence electrons. The summed E-state index contributed by atoms with van der Waals surface area (Å²) >= 11 is 0. The molecule has 0 fully saturated rings. The van der Waals surface area contributed by atoms with Gasteiger partial charge in [-0.2, -0.15) is 5.26 Å². The molecule has 0 aromatic heterocycles. The van der Waals surface area contributed by atoms with Gasteiger partial charge in [-0.05, 0) is 18.2 Å². The number of amides is 1. The number of nitro benzene ring substituents is 1. The van der Waals surface area contributed by atoms with Crippen molar-refractivity contribution in [3.8, 4) is 6.07 Å². The summed E-state index contributed by atoms with van der Waals surface area (Å²) in [4.78, 5) is 21.9. The maximum atomic E-state index is 13.5. The first-order chi connectivity index (χ1) is 10.0. The first kappa shape index (κ1) is 14.1. The van der Waals surface area contributed by atoms with Crippen molar-refractivity contribution in [3.05, 3.63) is 69.5 Å². The molecule has 2 aromatic carbocycles. The van der Waals surface area contributed by atoms with Crippen molar-refractivity contribution in [2.45, 2.75) is 0 Å². The van der Waals surface area contributed by atoms with Crippen LogP contribution in [0.3, 0.4) is 0 Å². The molecule has 0 atom stereocenters. The highest BCUT2D eigenvalue weighted by Crippen LogP contribution is 2.22. The van der Waals surface area contributed by atoms with Gasteiger partial charge >= 0.3 is 0 Å². The summed E-state index contributed by atoms with van der Waals surface area (Å²) in [5, 5.41) is 22.0. The monoisotopic (exact) mass is 285 g/mol. The number of nitro groups is 1. The Morgan fingerprint density at radius 1 is 1.29 bits per heavy atom. The number of hydrogen-bond donors (Lipinski definition) is 1. The van der Waals surface area contributed by atoms with Gasteiger partial charge < -0.3 is 5.32 Å². The van der Waals surface area contributed by atoms with E-state index in [0.717, 1.165) is 18.2 Å². The molecule has 0 aliphatic heterocycles. The van der Waals surface area contributed by atoms with Gasteiger partial charge in [0.1, 0.15) is 11.9 Å². The smallest absolute Gasteiger partial charge is 0.270 e. The zero-order valence-corrected chi connectivity index (χ0v) is 10.5. The molecule has 1 N–H and O–H groups in total. The molecule has 7 heteroatoms. The minimum atomic E-state index is -0.738. The molecule has 0 aliphatic rings. The van der Waals surface area contributed by atoms with Crippen molar-refractivity contribution in [2.75, 3.05) is 5.32 Å². The Kier molecular flexibility index (Phi) is 3.90. The molecule has 0 unspecified atom stereocenters. The van der Waals surface area contributed by atoms with Gasteiger partial charge in [0.2, 0.25) is 0 Å². The van der Waals surface area contributed by atoms with E-state index in [1.54, 1.807) is 6.07 Å². The molecule has 0 bridgehead atoms. The fourth-order valence-corrected chi connectivity index (χ4v) is 1.68. The number of benzene rings is 2. The van der Waals surface area contributed by atoms with E-state index in [4.69, 9.17) is 5.26 Å². The van der Waals surface area contributed by atoms with Crippen molar-refractivity contribution in [1.82, 2.24) is 0 Å². The maximum Gasteiger partial charge on any atom is 0.270 e. The molecule has 0 saturated carbocycles. The van der Waals surface area contributed by atoms with Gasteiger partial charge in [0, 0.05) is 12.1 Å². The average molecular weight is 285 g/mol. The second kappa shape index (κ2) is 5.79. The fraction of sp³-hybridized carbons (Fsp3) is 0. The van der Waals surface area contributed by atoms with Gasteiger partial charge in [-0.15, -0.1) is 0 Å². The van der Waals surface area contributed by atoms with Gasteiger partial charge in [0.05, 0.1) is 21.7 Å². The number of carbonyl (C=O) groups is 1. The number of nitriles is 1. The fourth-order valence-electron chi connectivity index (χ4n) is 1.68. The highest BCUT2D eigenvalue weighted by molar-refractivity contribution is 6.05. The standard InChI is InChI=1S/C14H8FN3O3/c15-12-4-2-1-3-11(12)14(19)17-13-6-5-10(18(20)21)7-9(13)8-16/h1-7H,(H,17,19). The summed E-state index contributed by atoms with van der Waals surface area (Å²) in [7, 11) is 0. The molecule has 2 aromatic rings.